The Morgan fingerprint density at radius 2 is 1.78 bits per heavy atom. The van der Waals surface area contributed by atoms with E-state index < -0.39 is 11.4 Å². The van der Waals surface area contributed by atoms with Gasteiger partial charge in [-0.25, -0.2) is 0 Å². The summed E-state index contributed by atoms with van der Waals surface area (Å²) in [5.41, 5.74) is -0.464. The summed E-state index contributed by atoms with van der Waals surface area (Å²) in [4.78, 5) is 23.1. The van der Waals surface area contributed by atoms with Crippen LogP contribution < -0.4 is 5.32 Å². The Bertz CT molecular complexity index is 337. The summed E-state index contributed by atoms with van der Waals surface area (Å²) in [6.45, 7) is 2.88. The number of hydrogen-bond donors (Lipinski definition) is 2. The average Bonchev–Trinajstić information content (AvgIpc) is 2.22. The van der Waals surface area contributed by atoms with Crippen molar-refractivity contribution in [2.75, 3.05) is 6.54 Å². The van der Waals surface area contributed by atoms with E-state index in [9.17, 15) is 14.7 Å². The molecule has 18 heavy (non-hydrogen) atoms. The van der Waals surface area contributed by atoms with Crippen molar-refractivity contribution < 1.29 is 14.7 Å². The Kier molecular flexibility index (Phi) is 3.64. The normalized spacial score (nSPS) is 23.6. The van der Waals surface area contributed by atoms with E-state index in [1.807, 2.05) is 0 Å². The lowest BCUT2D eigenvalue weighted by Crippen LogP contribution is -2.46. The van der Waals surface area contributed by atoms with Gasteiger partial charge in [0.25, 0.3) is 0 Å². The molecule has 1 amide bonds. The van der Waals surface area contributed by atoms with E-state index in [4.69, 9.17) is 0 Å². The van der Waals surface area contributed by atoms with Crippen LogP contribution in [0, 0.1) is 10.8 Å². The van der Waals surface area contributed by atoms with Gasteiger partial charge in [0, 0.05) is 13.0 Å². The van der Waals surface area contributed by atoms with E-state index in [2.05, 4.69) is 12.2 Å². The van der Waals surface area contributed by atoms with Crippen LogP contribution in [-0.4, -0.2) is 23.5 Å². The van der Waals surface area contributed by atoms with E-state index in [-0.39, 0.29) is 12.3 Å². The van der Waals surface area contributed by atoms with Crippen molar-refractivity contribution in [1.29, 1.82) is 0 Å². The van der Waals surface area contributed by atoms with Crippen LogP contribution >= 0.6 is 0 Å². The van der Waals surface area contributed by atoms with Gasteiger partial charge in [0.05, 0.1) is 5.41 Å². The molecular formula is C14H23NO3. The molecule has 2 aliphatic carbocycles. The van der Waals surface area contributed by atoms with E-state index in [0.29, 0.717) is 18.3 Å². The number of carbonyl (C=O) groups excluding carboxylic acids is 1. The summed E-state index contributed by atoms with van der Waals surface area (Å²) >= 11 is 0. The highest BCUT2D eigenvalue weighted by Gasteiger charge is 2.46. The summed E-state index contributed by atoms with van der Waals surface area (Å²) in [7, 11) is 0. The summed E-state index contributed by atoms with van der Waals surface area (Å²) < 4.78 is 0. The lowest BCUT2D eigenvalue weighted by molar-refractivity contribution is -0.157. The lowest BCUT2D eigenvalue weighted by atomic mass is 9.66. The minimum Gasteiger partial charge on any atom is -0.481 e. The number of hydrogen-bond acceptors (Lipinski definition) is 2. The van der Waals surface area contributed by atoms with Crippen LogP contribution in [0.1, 0.15) is 58.3 Å². The van der Waals surface area contributed by atoms with Crippen LogP contribution in [0.5, 0.6) is 0 Å². The molecule has 4 nitrogen and oxygen atoms in total. The van der Waals surface area contributed by atoms with Crippen LogP contribution in [0.4, 0.5) is 0 Å². The standard InChI is InChI=1S/C14H23NO3/c1-2-13(5-3-6-13)10-15-11(16)9-14(12(17)18)7-4-8-14/h2-10H2,1H3,(H,15,16)(H,17,18). The second-order valence-electron chi connectivity index (χ2n) is 6.10. The molecule has 2 saturated carbocycles. The first-order valence-corrected chi connectivity index (χ1v) is 7.02. The maximum absolute atomic E-state index is 11.9. The molecule has 0 heterocycles. The van der Waals surface area contributed by atoms with Crippen LogP contribution in [0.15, 0.2) is 0 Å². The second-order valence-corrected chi connectivity index (χ2v) is 6.10. The minimum atomic E-state index is -0.808. The Labute approximate surface area is 108 Å². The Balaban J connectivity index is 1.80. The van der Waals surface area contributed by atoms with Gasteiger partial charge in [0.1, 0.15) is 0 Å². The van der Waals surface area contributed by atoms with Gasteiger partial charge in [0.2, 0.25) is 5.91 Å². The SMILES string of the molecule is CCC1(CNC(=O)CC2(C(=O)O)CCC2)CCC1. The highest BCUT2D eigenvalue weighted by Crippen LogP contribution is 2.45. The van der Waals surface area contributed by atoms with Gasteiger partial charge in [-0.2, -0.15) is 0 Å². The number of nitrogens with one attached hydrogen (secondary N) is 1. The molecule has 0 saturated heterocycles. The summed E-state index contributed by atoms with van der Waals surface area (Å²) in [5, 5.41) is 12.1. The monoisotopic (exact) mass is 253 g/mol. The van der Waals surface area contributed by atoms with Crippen molar-refractivity contribution in [2.24, 2.45) is 10.8 Å². The maximum Gasteiger partial charge on any atom is 0.310 e. The van der Waals surface area contributed by atoms with Crippen LogP contribution in [0.25, 0.3) is 0 Å². The number of carboxylic acids is 1. The number of carboxylic acid groups (broad SMARTS) is 1. The van der Waals surface area contributed by atoms with Crippen molar-refractivity contribution >= 4 is 11.9 Å². The average molecular weight is 253 g/mol. The molecule has 0 unspecified atom stereocenters. The van der Waals surface area contributed by atoms with Gasteiger partial charge in [-0.15, -0.1) is 0 Å². The maximum atomic E-state index is 11.9. The molecule has 0 aromatic rings. The number of amides is 1. The molecule has 2 fully saturated rings. The Morgan fingerprint density at radius 3 is 2.11 bits per heavy atom. The molecule has 0 aromatic heterocycles. The summed E-state index contributed by atoms with van der Waals surface area (Å²) in [6.07, 6.45) is 7.10. The number of aliphatic carboxylic acids is 1. The predicted octanol–water partition coefficient (Wildman–Crippen LogP) is 2.33. The van der Waals surface area contributed by atoms with Gasteiger partial charge >= 0.3 is 5.97 Å². The zero-order valence-electron chi connectivity index (χ0n) is 11.1. The number of carbonyl (C=O) groups is 2. The molecule has 0 spiro atoms. The third-order valence-corrected chi connectivity index (χ3v) is 5.09. The molecule has 0 aromatic carbocycles. The quantitative estimate of drug-likeness (QED) is 0.763. The molecular weight excluding hydrogens is 230 g/mol. The van der Waals surface area contributed by atoms with Gasteiger partial charge in [0.15, 0.2) is 0 Å². The van der Waals surface area contributed by atoms with Crippen molar-refractivity contribution in [1.82, 2.24) is 5.32 Å². The molecule has 0 aliphatic heterocycles. The fraction of sp³-hybridized carbons (Fsp3) is 0.857. The Hall–Kier alpha value is -1.06. The first kappa shape index (κ1) is 13.4. The van der Waals surface area contributed by atoms with Gasteiger partial charge in [-0.1, -0.05) is 19.8 Å². The lowest BCUT2D eigenvalue weighted by Gasteiger charge is -2.42. The van der Waals surface area contributed by atoms with E-state index in [1.165, 1.54) is 19.3 Å². The van der Waals surface area contributed by atoms with E-state index >= 15 is 0 Å². The summed E-state index contributed by atoms with van der Waals surface area (Å²) in [6, 6.07) is 0. The fourth-order valence-electron chi connectivity index (χ4n) is 3.06. The molecule has 4 heteroatoms. The predicted molar refractivity (Wildman–Crippen MR) is 68.1 cm³/mol. The third kappa shape index (κ3) is 2.38. The second kappa shape index (κ2) is 4.90. The first-order chi connectivity index (χ1) is 8.52. The minimum absolute atomic E-state index is 0.0863. The molecule has 2 N–H and O–H groups in total. The number of rotatable bonds is 6. The topological polar surface area (TPSA) is 66.4 Å². The molecule has 102 valence electrons. The van der Waals surface area contributed by atoms with Crippen LogP contribution in [0.2, 0.25) is 0 Å². The van der Waals surface area contributed by atoms with Crippen LogP contribution in [0.3, 0.4) is 0 Å². The van der Waals surface area contributed by atoms with Crippen molar-refractivity contribution in [3.8, 4) is 0 Å². The van der Waals surface area contributed by atoms with Gasteiger partial charge in [-0.05, 0) is 37.5 Å². The highest BCUT2D eigenvalue weighted by molar-refractivity contribution is 5.85. The van der Waals surface area contributed by atoms with Gasteiger partial charge < -0.3 is 10.4 Å². The zero-order chi connectivity index (χ0) is 13.2. The third-order valence-electron chi connectivity index (χ3n) is 5.09. The van der Waals surface area contributed by atoms with Crippen LogP contribution in [-0.2, 0) is 9.59 Å². The largest absolute Gasteiger partial charge is 0.481 e. The fourth-order valence-corrected chi connectivity index (χ4v) is 3.06. The summed E-state index contributed by atoms with van der Waals surface area (Å²) in [5.74, 6) is -0.894. The van der Waals surface area contributed by atoms with E-state index in [0.717, 1.165) is 19.4 Å². The van der Waals surface area contributed by atoms with Crippen molar-refractivity contribution in [3.63, 3.8) is 0 Å². The molecule has 0 atom stereocenters. The molecule has 2 rings (SSSR count). The molecule has 2 aliphatic rings. The molecule has 0 bridgehead atoms. The van der Waals surface area contributed by atoms with Crippen molar-refractivity contribution in [3.05, 3.63) is 0 Å². The van der Waals surface area contributed by atoms with Gasteiger partial charge in [-0.3, -0.25) is 9.59 Å². The van der Waals surface area contributed by atoms with E-state index in [1.54, 1.807) is 0 Å². The zero-order valence-corrected chi connectivity index (χ0v) is 11.1. The van der Waals surface area contributed by atoms with Crippen molar-refractivity contribution in [2.45, 2.75) is 58.3 Å². The highest BCUT2D eigenvalue weighted by atomic mass is 16.4. The molecule has 0 radical (unpaired) electrons. The Morgan fingerprint density at radius 1 is 1.17 bits per heavy atom. The smallest absolute Gasteiger partial charge is 0.310 e. The first-order valence-electron chi connectivity index (χ1n) is 7.02.